The Labute approximate surface area is 168 Å². The molecular weight excluding hydrogens is 344 g/mol. The topological polar surface area (TPSA) is 34.0 Å². The van der Waals surface area contributed by atoms with Crippen molar-refractivity contribution in [3.63, 3.8) is 0 Å². The first-order valence-electron chi connectivity index (χ1n) is 10.2. The second-order valence-corrected chi connectivity index (χ2v) is 9.15. The minimum absolute atomic E-state index is 0.0120. The Morgan fingerprint density at radius 3 is 2.21 bits per heavy atom. The number of hydrogen-bond acceptors (Lipinski definition) is 3. The highest BCUT2D eigenvalue weighted by molar-refractivity contribution is 5.88. The molecule has 1 aliphatic heterocycles. The third kappa shape index (κ3) is 3.01. The van der Waals surface area contributed by atoms with Crippen molar-refractivity contribution in [1.82, 2.24) is 15.0 Å². The first-order valence-corrected chi connectivity index (χ1v) is 10.2. The zero-order valence-corrected chi connectivity index (χ0v) is 17.8. The highest BCUT2D eigenvalue weighted by Crippen LogP contribution is 2.43. The van der Waals surface area contributed by atoms with Gasteiger partial charge in [-0.2, -0.15) is 0 Å². The first kappa shape index (κ1) is 18.7. The molecule has 28 heavy (non-hydrogen) atoms. The lowest BCUT2D eigenvalue weighted by molar-refractivity contribution is 0.371. The van der Waals surface area contributed by atoms with Gasteiger partial charge in [-0.1, -0.05) is 61.5 Å². The summed E-state index contributed by atoms with van der Waals surface area (Å²) in [5.41, 5.74) is 7.02. The van der Waals surface area contributed by atoms with E-state index in [-0.39, 0.29) is 11.6 Å². The van der Waals surface area contributed by atoms with E-state index >= 15 is 0 Å². The van der Waals surface area contributed by atoms with Crippen LogP contribution in [-0.4, -0.2) is 20.5 Å². The van der Waals surface area contributed by atoms with Crippen LogP contribution in [0.4, 0.5) is 5.69 Å². The van der Waals surface area contributed by atoms with Crippen molar-refractivity contribution in [2.24, 2.45) is 5.92 Å². The Morgan fingerprint density at radius 2 is 1.54 bits per heavy atom. The number of nitrogens with zero attached hydrogens (tertiary/aromatic N) is 4. The molecule has 0 radical (unpaired) electrons. The van der Waals surface area contributed by atoms with Crippen LogP contribution in [0.1, 0.15) is 53.1 Å². The molecule has 0 saturated heterocycles. The predicted molar refractivity (Wildman–Crippen MR) is 116 cm³/mol. The number of fused-ring (bicyclic) bond motifs is 5. The average Bonchev–Trinajstić information content (AvgIpc) is 3.07. The molecule has 0 fully saturated rings. The zero-order chi connectivity index (χ0) is 20.1. The molecule has 146 valence electrons. The average molecular weight is 375 g/mol. The largest absolute Gasteiger partial charge is 0.362 e. The molecule has 2 aromatic carbocycles. The van der Waals surface area contributed by atoms with Gasteiger partial charge >= 0.3 is 0 Å². The van der Waals surface area contributed by atoms with E-state index in [1.165, 1.54) is 16.8 Å². The zero-order valence-electron chi connectivity index (χ0n) is 17.8. The molecule has 4 rings (SSSR count). The molecule has 4 heteroatoms. The van der Waals surface area contributed by atoms with E-state index in [9.17, 15) is 0 Å². The molecule has 1 aliphatic rings. The number of benzene rings is 2. The van der Waals surface area contributed by atoms with Crippen molar-refractivity contribution >= 4 is 5.69 Å². The molecule has 0 saturated carbocycles. The van der Waals surface area contributed by atoms with E-state index in [4.69, 9.17) is 5.10 Å². The van der Waals surface area contributed by atoms with Gasteiger partial charge in [-0.25, -0.2) is 4.68 Å². The summed E-state index contributed by atoms with van der Waals surface area (Å²) in [6.07, 6.45) is 0. The third-order valence-corrected chi connectivity index (χ3v) is 5.91. The normalized spacial score (nSPS) is 14.8. The second kappa shape index (κ2) is 6.77. The number of rotatable bonds is 2. The van der Waals surface area contributed by atoms with Gasteiger partial charge in [-0.15, -0.1) is 5.10 Å². The standard InChI is InChI=1S/C24H30N4/c1-16(2)17(3)28-23-19-12-8-7-11-18(19)15-27(24(4,5)6)21-14-10-9-13-20(21)22(23)25-26-28/h7-14,16-17H,15H2,1-6H3. The number of hydrogen-bond donors (Lipinski definition) is 0. The number of aromatic nitrogens is 3. The van der Waals surface area contributed by atoms with Crippen molar-refractivity contribution in [1.29, 1.82) is 0 Å². The fourth-order valence-corrected chi connectivity index (χ4v) is 3.95. The lowest BCUT2D eigenvalue weighted by Gasteiger charge is -2.40. The van der Waals surface area contributed by atoms with Crippen LogP contribution < -0.4 is 4.90 Å². The molecule has 1 unspecified atom stereocenters. The molecule has 1 aromatic heterocycles. The highest BCUT2D eigenvalue weighted by atomic mass is 15.4. The third-order valence-electron chi connectivity index (χ3n) is 5.91. The quantitative estimate of drug-likeness (QED) is 0.556. The number of anilines is 1. The smallest absolute Gasteiger partial charge is 0.123 e. The summed E-state index contributed by atoms with van der Waals surface area (Å²) in [6.45, 7) is 14.4. The van der Waals surface area contributed by atoms with Crippen molar-refractivity contribution < 1.29 is 0 Å². The van der Waals surface area contributed by atoms with Gasteiger partial charge in [0.05, 0.1) is 11.7 Å². The van der Waals surface area contributed by atoms with Gasteiger partial charge in [0.2, 0.25) is 0 Å². The van der Waals surface area contributed by atoms with Gasteiger partial charge in [-0.05, 0) is 45.2 Å². The fourth-order valence-electron chi connectivity index (χ4n) is 3.95. The van der Waals surface area contributed by atoms with E-state index < -0.39 is 0 Å². The lowest BCUT2D eigenvalue weighted by atomic mass is 9.92. The minimum Gasteiger partial charge on any atom is -0.362 e. The molecule has 4 nitrogen and oxygen atoms in total. The van der Waals surface area contributed by atoms with E-state index in [1.54, 1.807) is 0 Å². The van der Waals surface area contributed by atoms with Gasteiger partial charge < -0.3 is 4.90 Å². The maximum Gasteiger partial charge on any atom is 0.123 e. The summed E-state index contributed by atoms with van der Waals surface area (Å²) >= 11 is 0. The predicted octanol–water partition coefficient (Wildman–Crippen LogP) is 5.95. The summed E-state index contributed by atoms with van der Waals surface area (Å²) < 4.78 is 2.13. The minimum atomic E-state index is -0.0120. The lowest BCUT2D eigenvalue weighted by Crippen LogP contribution is -2.41. The summed E-state index contributed by atoms with van der Waals surface area (Å²) in [5, 5.41) is 9.34. The second-order valence-electron chi connectivity index (χ2n) is 9.15. The molecule has 0 spiro atoms. The summed E-state index contributed by atoms with van der Waals surface area (Å²) in [4.78, 5) is 2.48. The Kier molecular flexibility index (Phi) is 4.53. The van der Waals surface area contributed by atoms with Crippen LogP contribution in [0.5, 0.6) is 0 Å². The Hall–Kier alpha value is -2.62. The molecule has 3 aromatic rings. The van der Waals surface area contributed by atoms with Crippen LogP contribution in [0.15, 0.2) is 48.5 Å². The maximum absolute atomic E-state index is 4.70. The Morgan fingerprint density at radius 1 is 0.893 bits per heavy atom. The highest BCUT2D eigenvalue weighted by Gasteiger charge is 2.31. The van der Waals surface area contributed by atoms with Crippen LogP contribution in [0.2, 0.25) is 0 Å². The first-order chi connectivity index (χ1) is 13.3. The molecule has 0 amide bonds. The molecule has 2 heterocycles. The molecular formula is C24H30N4. The fraction of sp³-hybridized carbons (Fsp3) is 0.417. The maximum atomic E-state index is 4.70. The number of para-hydroxylation sites is 1. The van der Waals surface area contributed by atoms with Crippen molar-refractivity contribution in [3.05, 3.63) is 54.1 Å². The van der Waals surface area contributed by atoms with Crippen LogP contribution in [0.25, 0.3) is 22.5 Å². The summed E-state index contributed by atoms with van der Waals surface area (Å²) in [7, 11) is 0. The van der Waals surface area contributed by atoms with Gasteiger partial charge in [0, 0.05) is 28.9 Å². The van der Waals surface area contributed by atoms with E-state index in [2.05, 4.69) is 105 Å². The molecule has 1 atom stereocenters. The van der Waals surface area contributed by atoms with Crippen LogP contribution in [-0.2, 0) is 6.54 Å². The molecule has 0 aliphatic carbocycles. The van der Waals surface area contributed by atoms with Crippen molar-refractivity contribution in [2.45, 2.75) is 59.7 Å². The van der Waals surface area contributed by atoms with Gasteiger partial charge in [0.25, 0.3) is 0 Å². The summed E-state index contributed by atoms with van der Waals surface area (Å²) in [6, 6.07) is 17.6. The Balaban J connectivity index is 2.07. The monoisotopic (exact) mass is 374 g/mol. The Bertz CT molecular complexity index is 994. The van der Waals surface area contributed by atoms with Crippen LogP contribution in [0, 0.1) is 5.92 Å². The van der Waals surface area contributed by atoms with Crippen LogP contribution in [0.3, 0.4) is 0 Å². The van der Waals surface area contributed by atoms with E-state index in [1.807, 2.05) is 0 Å². The molecule has 0 N–H and O–H groups in total. The van der Waals surface area contributed by atoms with Gasteiger partial charge in [0.15, 0.2) is 0 Å². The van der Waals surface area contributed by atoms with Gasteiger partial charge in [0.1, 0.15) is 5.69 Å². The SMILES string of the molecule is CC(C)C(C)n1nnc2c1-c1ccccc1CN(C(C)(C)C)c1ccccc1-2. The summed E-state index contributed by atoms with van der Waals surface area (Å²) in [5.74, 6) is 0.477. The van der Waals surface area contributed by atoms with E-state index in [0.717, 1.165) is 23.5 Å². The molecule has 0 bridgehead atoms. The van der Waals surface area contributed by atoms with Crippen LogP contribution >= 0.6 is 0 Å². The van der Waals surface area contributed by atoms with E-state index in [0.29, 0.717) is 5.92 Å². The van der Waals surface area contributed by atoms with Gasteiger partial charge in [-0.3, -0.25) is 0 Å². The van der Waals surface area contributed by atoms with Crippen molar-refractivity contribution in [3.8, 4) is 22.5 Å². The van der Waals surface area contributed by atoms with Crippen molar-refractivity contribution in [2.75, 3.05) is 4.90 Å².